The van der Waals surface area contributed by atoms with Crippen LogP contribution in [0, 0.1) is 0 Å². The van der Waals surface area contributed by atoms with Gasteiger partial charge in [-0.3, -0.25) is 14.7 Å². The molecule has 30 heavy (non-hydrogen) atoms. The predicted octanol–water partition coefficient (Wildman–Crippen LogP) is 2.98. The molecular weight excluding hydrogens is 380 g/mol. The van der Waals surface area contributed by atoms with Gasteiger partial charge in [-0.05, 0) is 35.9 Å². The van der Waals surface area contributed by atoms with Crippen molar-refractivity contribution in [1.82, 2.24) is 15.2 Å². The molecule has 1 aromatic carbocycles. The molecular formula is C23H26N4O3. The van der Waals surface area contributed by atoms with Crippen LogP contribution in [-0.2, 0) is 0 Å². The van der Waals surface area contributed by atoms with Gasteiger partial charge in [-0.15, -0.1) is 0 Å². The van der Waals surface area contributed by atoms with Gasteiger partial charge in [-0.1, -0.05) is 18.2 Å². The summed E-state index contributed by atoms with van der Waals surface area (Å²) in [5.41, 5.74) is 2.20. The minimum Gasteiger partial charge on any atom is -0.495 e. The molecule has 156 valence electrons. The monoisotopic (exact) mass is 406 g/mol. The number of carbonyl (C=O) groups excluding carboxylic acids is 1. The quantitative estimate of drug-likeness (QED) is 0.651. The van der Waals surface area contributed by atoms with Gasteiger partial charge in [0.1, 0.15) is 5.75 Å². The van der Waals surface area contributed by atoms with Gasteiger partial charge >= 0.3 is 0 Å². The molecule has 7 heteroatoms. The van der Waals surface area contributed by atoms with Crippen LogP contribution in [0.3, 0.4) is 0 Å². The summed E-state index contributed by atoms with van der Waals surface area (Å²) in [6, 6.07) is 15.5. The molecule has 1 aliphatic rings. The molecule has 3 heterocycles. The van der Waals surface area contributed by atoms with Gasteiger partial charge in [-0.2, -0.15) is 0 Å². The van der Waals surface area contributed by atoms with Gasteiger partial charge in [0.15, 0.2) is 5.76 Å². The van der Waals surface area contributed by atoms with Crippen molar-refractivity contribution in [3.05, 3.63) is 78.5 Å². The molecule has 0 bridgehead atoms. The highest BCUT2D eigenvalue weighted by atomic mass is 16.5. The van der Waals surface area contributed by atoms with Crippen molar-refractivity contribution >= 4 is 11.6 Å². The van der Waals surface area contributed by atoms with Crippen LogP contribution in [0.25, 0.3) is 0 Å². The molecule has 1 amide bonds. The number of piperazine rings is 1. The van der Waals surface area contributed by atoms with Crippen LogP contribution in [0.4, 0.5) is 5.69 Å². The Hall–Kier alpha value is -3.32. The standard InChI is InChI=1S/C23H26N4O3/c1-29-21-8-3-2-7-19(21)26-11-13-27(14-12-26)20(18-6-4-10-24-16-18)17-25-23(28)22-9-5-15-30-22/h2-10,15-16,20H,11-14,17H2,1H3,(H,25,28)/t20-/m1/s1. The first kappa shape index (κ1) is 20.0. The summed E-state index contributed by atoms with van der Waals surface area (Å²) >= 11 is 0. The number of ether oxygens (including phenoxy) is 1. The molecule has 1 atom stereocenters. The number of anilines is 1. The van der Waals surface area contributed by atoms with Gasteiger partial charge in [0, 0.05) is 45.1 Å². The maximum Gasteiger partial charge on any atom is 0.287 e. The first-order chi connectivity index (χ1) is 14.8. The van der Waals surface area contributed by atoms with E-state index in [1.165, 1.54) is 6.26 Å². The van der Waals surface area contributed by atoms with Crippen molar-refractivity contribution in [2.45, 2.75) is 6.04 Å². The summed E-state index contributed by atoms with van der Waals surface area (Å²) in [4.78, 5) is 21.4. The average Bonchev–Trinajstić information content (AvgIpc) is 3.35. The van der Waals surface area contributed by atoms with Crippen molar-refractivity contribution in [1.29, 1.82) is 0 Å². The van der Waals surface area contributed by atoms with Crippen molar-refractivity contribution in [3.63, 3.8) is 0 Å². The third-order valence-corrected chi connectivity index (χ3v) is 5.45. The Labute approximate surface area is 176 Å². The number of hydrogen-bond donors (Lipinski definition) is 1. The molecule has 0 aliphatic carbocycles. The van der Waals surface area contributed by atoms with Crippen LogP contribution >= 0.6 is 0 Å². The highest BCUT2D eigenvalue weighted by Gasteiger charge is 2.27. The lowest BCUT2D eigenvalue weighted by molar-refractivity contribution is 0.0902. The summed E-state index contributed by atoms with van der Waals surface area (Å²) in [5, 5.41) is 3.01. The normalized spacial score (nSPS) is 15.6. The number of para-hydroxylation sites is 2. The minimum atomic E-state index is -0.207. The molecule has 0 unspecified atom stereocenters. The zero-order valence-corrected chi connectivity index (χ0v) is 17.0. The van der Waals surface area contributed by atoms with Crippen LogP contribution in [0.15, 0.2) is 71.6 Å². The second kappa shape index (κ2) is 9.45. The van der Waals surface area contributed by atoms with E-state index in [4.69, 9.17) is 9.15 Å². The SMILES string of the molecule is COc1ccccc1N1CCN([C@H](CNC(=O)c2ccco2)c2cccnc2)CC1. The molecule has 7 nitrogen and oxygen atoms in total. The molecule has 1 N–H and O–H groups in total. The van der Waals surface area contributed by atoms with Gasteiger partial charge in [0.05, 0.1) is 25.1 Å². The third-order valence-electron chi connectivity index (χ3n) is 5.45. The Morgan fingerprint density at radius 2 is 1.97 bits per heavy atom. The molecule has 3 aromatic rings. The fourth-order valence-electron chi connectivity index (χ4n) is 3.88. The lowest BCUT2D eigenvalue weighted by atomic mass is 10.1. The van der Waals surface area contributed by atoms with Crippen LogP contribution in [-0.4, -0.2) is 55.6 Å². The summed E-state index contributed by atoms with van der Waals surface area (Å²) in [6.07, 6.45) is 5.14. The lowest BCUT2D eigenvalue weighted by Gasteiger charge is -2.40. The van der Waals surface area contributed by atoms with Gasteiger partial charge < -0.3 is 19.4 Å². The number of aromatic nitrogens is 1. The Morgan fingerprint density at radius 3 is 2.67 bits per heavy atom. The lowest BCUT2D eigenvalue weighted by Crippen LogP contribution is -2.50. The number of methoxy groups -OCH3 is 1. The molecule has 0 radical (unpaired) electrons. The number of nitrogens with zero attached hydrogens (tertiary/aromatic N) is 3. The summed E-state index contributed by atoms with van der Waals surface area (Å²) in [6.45, 7) is 3.98. The Kier molecular flexibility index (Phi) is 6.29. The van der Waals surface area contributed by atoms with Crippen molar-refractivity contribution in [2.75, 3.05) is 44.7 Å². The van der Waals surface area contributed by atoms with E-state index in [2.05, 4.69) is 32.2 Å². The van der Waals surface area contributed by atoms with E-state index in [1.54, 1.807) is 25.4 Å². The number of furan rings is 1. The van der Waals surface area contributed by atoms with Crippen LogP contribution < -0.4 is 15.0 Å². The number of hydrogen-bond acceptors (Lipinski definition) is 6. The zero-order valence-electron chi connectivity index (χ0n) is 17.0. The maximum absolute atomic E-state index is 12.4. The van der Waals surface area contributed by atoms with Crippen molar-refractivity contribution in [2.24, 2.45) is 0 Å². The summed E-state index contributed by atoms with van der Waals surface area (Å²) < 4.78 is 10.7. The number of amides is 1. The minimum absolute atomic E-state index is 0.0393. The average molecular weight is 406 g/mol. The van der Waals surface area contributed by atoms with Crippen molar-refractivity contribution in [3.8, 4) is 5.75 Å². The third kappa shape index (κ3) is 4.46. The zero-order chi connectivity index (χ0) is 20.8. The second-order valence-corrected chi connectivity index (χ2v) is 7.18. The van der Waals surface area contributed by atoms with Gasteiger partial charge in [-0.25, -0.2) is 0 Å². The van der Waals surface area contributed by atoms with E-state index in [1.807, 2.05) is 30.5 Å². The Morgan fingerprint density at radius 1 is 1.13 bits per heavy atom. The van der Waals surface area contributed by atoms with E-state index in [9.17, 15) is 4.79 Å². The number of benzene rings is 1. The van der Waals surface area contributed by atoms with Crippen LogP contribution in [0.2, 0.25) is 0 Å². The smallest absolute Gasteiger partial charge is 0.287 e. The Bertz CT molecular complexity index is 938. The van der Waals surface area contributed by atoms with Gasteiger partial charge in [0.25, 0.3) is 5.91 Å². The number of nitrogens with one attached hydrogen (secondary N) is 1. The first-order valence-corrected chi connectivity index (χ1v) is 10.1. The van der Waals surface area contributed by atoms with E-state index >= 15 is 0 Å². The molecule has 1 saturated heterocycles. The van der Waals surface area contributed by atoms with Crippen LogP contribution in [0.1, 0.15) is 22.2 Å². The largest absolute Gasteiger partial charge is 0.495 e. The highest BCUT2D eigenvalue weighted by molar-refractivity contribution is 5.91. The molecule has 1 fully saturated rings. The highest BCUT2D eigenvalue weighted by Crippen LogP contribution is 2.30. The topological polar surface area (TPSA) is 70.8 Å². The molecule has 1 aliphatic heterocycles. The Balaban J connectivity index is 1.45. The number of carbonyl (C=O) groups is 1. The van der Waals surface area contributed by atoms with E-state index < -0.39 is 0 Å². The molecule has 2 aromatic heterocycles. The fraction of sp³-hybridized carbons (Fsp3) is 0.304. The predicted molar refractivity (Wildman–Crippen MR) is 115 cm³/mol. The summed E-state index contributed by atoms with van der Waals surface area (Å²) in [7, 11) is 1.70. The number of rotatable bonds is 7. The molecule has 4 rings (SSSR count). The second-order valence-electron chi connectivity index (χ2n) is 7.18. The number of pyridine rings is 1. The first-order valence-electron chi connectivity index (χ1n) is 10.1. The molecule has 0 saturated carbocycles. The van der Waals surface area contributed by atoms with Crippen LogP contribution in [0.5, 0.6) is 5.75 Å². The molecule has 0 spiro atoms. The maximum atomic E-state index is 12.4. The van der Waals surface area contributed by atoms with Gasteiger partial charge in [0.2, 0.25) is 0 Å². The fourth-order valence-corrected chi connectivity index (χ4v) is 3.88. The van der Waals surface area contributed by atoms with Crippen molar-refractivity contribution < 1.29 is 13.9 Å². The van der Waals surface area contributed by atoms with E-state index in [0.29, 0.717) is 12.3 Å². The van der Waals surface area contributed by atoms with E-state index in [-0.39, 0.29) is 11.9 Å². The van der Waals surface area contributed by atoms with E-state index in [0.717, 1.165) is 43.2 Å². The summed E-state index contributed by atoms with van der Waals surface area (Å²) in [5.74, 6) is 1.00.